The van der Waals surface area contributed by atoms with Crippen molar-refractivity contribution in [2.24, 2.45) is 0 Å². The van der Waals surface area contributed by atoms with E-state index in [1.807, 2.05) is 47.7 Å². The first-order valence-corrected chi connectivity index (χ1v) is 6.46. The Hall–Kier alpha value is -0.690. The molecule has 0 spiro atoms. The van der Waals surface area contributed by atoms with Gasteiger partial charge in [0.1, 0.15) is 5.82 Å². The van der Waals surface area contributed by atoms with Gasteiger partial charge < -0.3 is 4.98 Å². The largest absolute Gasteiger partial charge is 0.306 e. The summed E-state index contributed by atoms with van der Waals surface area (Å²) in [6.45, 7) is 2.01. The number of hydrogen-bond donors (Lipinski definition) is 1. The minimum absolute atomic E-state index is 0.113. The van der Waals surface area contributed by atoms with Crippen LogP contribution in [0.4, 0.5) is 0 Å². The summed E-state index contributed by atoms with van der Waals surface area (Å²) in [7, 11) is 0. The number of aromatic nitrogens is 2. The van der Waals surface area contributed by atoms with Gasteiger partial charge in [0.15, 0.2) is 0 Å². The number of benzene rings is 1. The molecule has 5 heteroatoms. The highest BCUT2D eigenvalue weighted by molar-refractivity contribution is 14.1. The Morgan fingerprint density at radius 1 is 1.44 bits per heavy atom. The Bertz CT molecular complexity index is 595. The fourth-order valence-corrected chi connectivity index (χ4v) is 2.28. The molecular weight excluding hydrogens is 383 g/mol. The molecule has 0 saturated carbocycles. The summed E-state index contributed by atoms with van der Waals surface area (Å²) < 4.78 is 1.52. The van der Waals surface area contributed by atoms with E-state index < -0.39 is 0 Å². The van der Waals surface area contributed by atoms with Gasteiger partial charge in [-0.2, -0.15) is 0 Å². The van der Waals surface area contributed by atoms with E-state index in [4.69, 9.17) is 0 Å². The molecule has 0 fully saturated rings. The molecule has 0 unspecified atom stereocenters. The van der Waals surface area contributed by atoms with Crippen molar-refractivity contribution in [3.05, 3.63) is 48.4 Å². The smallest absolute Gasteiger partial charge is 0.264 e. The van der Waals surface area contributed by atoms with Gasteiger partial charge in [-0.15, -0.1) is 0 Å². The van der Waals surface area contributed by atoms with Crippen LogP contribution in [-0.2, 0) is 0 Å². The lowest BCUT2D eigenvalue weighted by Gasteiger charge is -2.04. The Labute approximate surface area is 115 Å². The number of rotatable bonds is 1. The van der Waals surface area contributed by atoms with Crippen molar-refractivity contribution in [1.29, 1.82) is 0 Å². The fourth-order valence-electron chi connectivity index (χ4n) is 1.33. The molecule has 0 aliphatic rings. The number of aromatic amines is 1. The van der Waals surface area contributed by atoms with Crippen LogP contribution in [-0.4, -0.2) is 9.97 Å². The maximum atomic E-state index is 11.5. The number of H-pyrrole nitrogens is 1. The third kappa shape index (κ3) is 2.35. The van der Waals surface area contributed by atoms with Gasteiger partial charge in [-0.3, -0.25) is 4.79 Å². The molecule has 2 rings (SSSR count). The van der Waals surface area contributed by atoms with Crippen molar-refractivity contribution in [1.82, 2.24) is 9.97 Å². The van der Waals surface area contributed by atoms with Crippen molar-refractivity contribution in [2.75, 3.05) is 0 Å². The zero-order chi connectivity index (χ0) is 11.7. The summed E-state index contributed by atoms with van der Waals surface area (Å²) in [6.07, 6.45) is 1.57. The van der Waals surface area contributed by atoms with Crippen molar-refractivity contribution >= 4 is 38.5 Å². The Morgan fingerprint density at radius 3 is 2.81 bits per heavy atom. The molecule has 0 amide bonds. The molecule has 0 atom stereocenters. The second-order valence-corrected chi connectivity index (χ2v) is 5.41. The van der Waals surface area contributed by atoms with Gasteiger partial charge in [0.25, 0.3) is 5.56 Å². The quantitative estimate of drug-likeness (QED) is 0.760. The maximum Gasteiger partial charge on any atom is 0.264 e. The van der Waals surface area contributed by atoms with Crippen LogP contribution < -0.4 is 5.56 Å². The second-order valence-electron chi connectivity index (χ2n) is 3.39. The SMILES string of the molecule is Cc1ccc(-c2ncc(I)c(=O)[nH]2)c(Br)c1. The first kappa shape index (κ1) is 11.8. The normalized spacial score (nSPS) is 10.4. The minimum Gasteiger partial charge on any atom is -0.306 e. The van der Waals surface area contributed by atoms with Crippen molar-refractivity contribution in [2.45, 2.75) is 6.92 Å². The van der Waals surface area contributed by atoms with Crippen LogP contribution in [0.25, 0.3) is 11.4 Å². The highest BCUT2D eigenvalue weighted by Crippen LogP contribution is 2.25. The highest BCUT2D eigenvalue weighted by Gasteiger charge is 2.06. The van der Waals surface area contributed by atoms with Crippen molar-refractivity contribution in [3.63, 3.8) is 0 Å². The van der Waals surface area contributed by atoms with Crippen LogP contribution in [0.5, 0.6) is 0 Å². The molecule has 1 N–H and O–H groups in total. The number of nitrogens with zero attached hydrogens (tertiary/aromatic N) is 1. The Kier molecular flexibility index (Phi) is 3.44. The number of nitrogens with one attached hydrogen (secondary N) is 1. The Morgan fingerprint density at radius 2 is 2.19 bits per heavy atom. The van der Waals surface area contributed by atoms with Crippen LogP contribution in [0.1, 0.15) is 5.56 Å². The lowest BCUT2D eigenvalue weighted by atomic mass is 10.1. The molecule has 1 aromatic heterocycles. The fraction of sp³-hybridized carbons (Fsp3) is 0.0909. The average molecular weight is 391 g/mol. The highest BCUT2D eigenvalue weighted by atomic mass is 127. The monoisotopic (exact) mass is 390 g/mol. The molecule has 1 heterocycles. The van der Waals surface area contributed by atoms with Gasteiger partial charge in [0, 0.05) is 16.2 Å². The van der Waals surface area contributed by atoms with E-state index in [9.17, 15) is 4.79 Å². The van der Waals surface area contributed by atoms with Gasteiger partial charge in [-0.1, -0.05) is 22.0 Å². The van der Waals surface area contributed by atoms with Gasteiger partial charge in [-0.05, 0) is 47.2 Å². The zero-order valence-corrected chi connectivity index (χ0v) is 12.2. The van der Waals surface area contributed by atoms with E-state index in [0.29, 0.717) is 9.39 Å². The minimum atomic E-state index is -0.113. The van der Waals surface area contributed by atoms with E-state index in [0.717, 1.165) is 15.6 Å². The number of aryl methyl sites for hydroxylation is 1. The molecule has 0 aliphatic heterocycles. The number of hydrogen-bond acceptors (Lipinski definition) is 2. The van der Waals surface area contributed by atoms with E-state index in [-0.39, 0.29) is 5.56 Å². The van der Waals surface area contributed by atoms with Gasteiger partial charge >= 0.3 is 0 Å². The summed E-state index contributed by atoms with van der Waals surface area (Å²) in [5, 5.41) is 0. The molecule has 3 nitrogen and oxygen atoms in total. The standard InChI is InChI=1S/C11H8BrIN2O/c1-6-2-3-7(8(12)4-6)10-14-5-9(13)11(16)15-10/h2-5H,1H3,(H,14,15,16). The molecule has 82 valence electrons. The van der Waals surface area contributed by atoms with Gasteiger partial charge in [-0.25, -0.2) is 4.98 Å². The van der Waals surface area contributed by atoms with Crippen LogP contribution >= 0.6 is 38.5 Å². The van der Waals surface area contributed by atoms with E-state index >= 15 is 0 Å². The van der Waals surface area contributed by atoms with Gasteiger partial charge in [0.05, 0.1) is 3.57 Å². The van der Waals surface area contributed by atoms with Crippen LogP contribution in [0.15, 0.2) is 33.7 Å². The van der Waals surface area contributed by atoms with Crippen LogP contribution in [0.2, 0.25) is 0 Å². The molecule has 0 radical (unpaired) electrons. The first-order valence-electron chi connectivity index (χ1n) is 4.59. The predicted molar refractivity (Wildman–Crippen MR) is 75.4 cm³/mol. The maximum absolute atomic E-state index is 11.5. The topological polar surface area (TPSA) is 45.8 Å². The van der Waals surface area contributed by atoms with Crippen LogP contribution in [0, 0.1) is 10.5 Å². The predicted octanol–water partition coefficient (Wildman–Crippen LogP) is 3.11. The summed E-state index contributed by atoms with van der Waals surface area (Å²) in [6, 6.07) is 5.91. The van der Waals surface area contributed by atoms with Crippen LogP contribution in [0.3, 0.4) is 0 Å². The van der Waals surface area contributed by atoms with Gasteiger partial charge in [0.2, 0.25) is 0 Å². The third-order valence-corrected chi connectivity index (χ3v) is 3.56. The molecule has 1 aromatic carbocycles. The summed E-state index contributed by atoms with van der Waals surface area (Å²) in [5.74, 6) is 0.581. The lowest BCUT2D eigenvalue weighted by molar-refractivity contribution is 1.10. The van der Waals surface area contributed by atoms with Crippen molar-refractivity contribution < 1.29 is 0 Å². The average Bonchev–Trinajstić information content (AvgIpc) is 2.22. The number of halogens is 2. The summed E-state index contributed by atoms with van der Waals surface area (Å²) in [5.41, 5.74) is 1.93. The molecule has 0 aliphatic carbocycles. The molecule has 16 heavy (non-hydrogen) atoms. The van der Waals surface area contributed by atoms with E-state index in [2.05, 4.69) is 25.9 Å². The zero-order valence-electron chi connectivity index (χ0n) is 8.42. The first-order chi connectivity index (χ1) is 7.58. The molecule has 0 bridgehead atoms. The molecule has 2 aromatic rings. The van der Waals surface area contributed by atoms with E-state index in [1.165, 1.54) is 0 Å². The van der Waals surface area contributed by atoms with Crippen molar-refractivity contribution in [3.8, 4) is 11.4 Å². The van der Waals surface area contributed by atoms with E-state index in [1.54, 1.807) is 6.20 Å². The molecular formula is C11H8BrIN2O. The second kappa shape index (κ2) is 4.67. The summed E-state index contributed by atoms with van der Waals surface area (Å²) >= 11 is 5.42. The Balaban J connectivity index is 2.59. The lowest BCUT2D eigenvalue weighted by Crippen LogP contribution is -2.11. The summed E-state index contributed by atoms with van der Waals surface area (Å²) in [4.78, 5) is 18.4. The molecule has 0 saturated heterocycles. The third-order valence-electron chi connectivity index (χ3n) is 2.14.